The van der Waals surface area contributed by atoms with Gasteiger partial charge in [-0.3, -0.25) is 0 Å². The molecule has 2 heterocycles. The van der Waals surface area contributed by atoms with Crippen molar-refractivity contribution in [2.24, 2.45) is 0 Å². The number of hydrogen-bond acceptors (Lipinski definition) is 1. The van der Waals surface area contributed by atoms with Crippen molar-refractivity contribution in [3.05, 3.63) is 143 Å². The second kappa shape index (κ2) is 12.9. The number of hydrogen-bond donors (Lipinski definition) is 0. The van der Waals surface area contributed by atoms with E-state index in [0.717, 1.165) is 66.1 Å². The molecule has 0 amide bonds. The van der Waals surface area contributed by atoms with E-state index in [2.05, 4.69) is 171 Å². The zero-order valence-corrected chi connectivity index (χ0v) is 35.6. The molecule has 0 unspecified atom stereocenters. The molecule has 0 atom stereocenters. The highest BCUT2D eigenvalue weighted by molar-refractivity contribution is 6.12. The van der Waals surface area contributed by atoms with Gasteiger partial charge in [0.05, 0.1) is 45.1 Å². The molecule has 0 fully saturated rings. The SMILES string of the molecule is CC(C)(C)c1ccc2c(c1)c1ccc(C(C)(C)C)cc1n2-c1cc(F)cc(-n2c3ccc(C(C)(C)C)cc3c3ccc(C(C)(C)C)cc32)c1-c1ccc(C#N)cc1. The monoisotopic (exact) mass is 751 g/mol. The van der Waals surface area contributed by atoms with Gasteiger partial charge in [0.25, 0.3) is 0 Å². The fourth-order valence-electron chi connectivity index (χ4n) is 8.37. The van der Waals surface area contributed by atoms with E-state index in [-0.39, 0.29) is 27.5 Å². The molecule has 0 N–H and O–H groups in total. The topological polar surface area (TPSA) is 33.6 Å². The van der Waals surface area contributed by atoms with Gasteiger partial charge in [0.1, 0.15) is 5.82 Å². The molecule has 57 heavy (non-hydrogen) atoms. The summed E-state index contributed by atoms with van der Waals surface area (Å²) < 4.78 is 21.5. The average Bonchev–Trinajstić information content (AvgIpc) is 3.64. The van der Waals surface area contributed by atoms with Crippen LogP contribution < -0.4 is 0 Å². The van der Waals surface area contributed by atoms with Crippen molar-refractivity contribution in [1.29, 1.82) is 5.26 Å². The molecule has 0 radical (unpaired) electrons. The molecular weight excluding hydrogens is 698 g/mol. The zero-order chi connectivity index (χ0) is 41.0. The van der Waals surface area contributed by atoms with E-state index >= 15 is 4.39 Å². The molecule has 2 aromatic heterocycles. The van der Waals surface area contributed by atoms with Crippen molar-refractivity contribution in [3.63, 3.8) is 0 Å². The fraction of sp³-hybridized carbons (Fsp3) is 0.302. The molecule has 0 spiro atoms. The number of aromatic nitrogens is 2. The van der Waals surface area contributed by atoms with Crippen LogP contribution in [0.25, 0.3) is 66.1 Å². The Morgan fingerprint density at radius 2 is 0.789 bits per heavy atom. The van der Waals surface area contributed by atoms with Gasteiger partial charge in [-0.2, -0.15) is 5.26 Å². The quantitative estimate of drug-likeness (QED) is 0.177. The molecule has 8 aromatic rings. The summed E-state index contributed by atoms with van der Waals surface area (Å²) in [6.07, 6.45) is 0. The average molecular weight is 752 g/mol. The fourth-order valence-corrected chi connectivity index (χ4v) is 8.37. The molecule has 288 valence electrons. The smallest absolute Gasteiger partial charge is 0.127 e. The molecule has 0 aliphatic heterocycles. The number of fused-ring (bicyclic) bond motifs is 6. The van der Waals surface area contributed by atoms with Crippen molar-refractivity contribution in [2.75, 3.05) is 0 Å². The highest BCUT2D eigenvalue weighted by Crippen LogP contribution is 2.45. The van der Waals surface area contributed by atoms with Gasteiger partial charge < -0.3 is 9.13 Å². The van der Waals surface area contributed by atoms with E-state index in [1.807, 2.05) is 24.3 Å². The van der Waals surface area contributed by atoms with Crippen LogP contribution in [0.5, 0.6) is 0 Å². The first kappa shape index (κ1) is 38.2. The summed E-state index contributed by atoms with van der Waals surface area (Å²) >= 11 is 0. The molecule has 0 aliphatic rings. The Labute approximate surface area is 337 Å². The molecule has 0 saturated carbocycles. The van der Waals surface area contributed by atoms with Crippen LogP contribution in [0.2, 0.25) is 0 Å². The Bertz CT molecular complexity index is 2760. The summed E-state index contributed by atoms with van der Waals surface area (Å²) in [6.45, 7) is 26.9. The summed E-state index contributed by atoms with van der Waals surface area (Å²) in [5.41, 5.74) is 12.6. The number of benzene rings is 6. The van der Waals surface area contributed by atoms with E-state index in [1.54, 1.807) is 12.1 Å². The van der Waals surface area contributed by atoms with Gasteiger partial charge in [-0.15, -0.1) is 0 Å². The Morgan fingerprint density at radius 1 is 0.421 bits per heavy atom. The van der Waals surface area contributed by atoms with Gasteiger partial charge in [-0.05, 0) is 110 Å². The lowest BCUT2D eigenvalue weighted by Crippen LogP contribution is -2.11. The maximum atomic E-state index is 16.9. The van der Waals surface area contributed by atoms with E-state index in [1.165, 1.54) is 22.3 Å². The third kappa shape index (κ3) is 6.52. The molecule has 8 rings (SSSR count). The lowest BCUT2D eigenvalue weighted by Gasteiger charge is -2.23. The van der Waals surface area contributed by atoms with Gasteiger partial charge in [-0.25, -0.2) is 4.39 Å². The molecule has 0 saturated heterocycles. The summed E-state index contributed by atoms with van der Waals surface area (Å²) in [4.78, 5) is 0. The summed E-state index contributed by atoms with van der Waals surface area (Å²) in [7, 11) is 0. The summed E-state index contributed by atoms with van der Waals surface area (Å²) in [5.74, 6) is -0.320. The standard InChI is InChI=1S/C53H54FN3/c1-50(2,3)34-19-23-43-41(25-34)39-21-17-36(52(7,8)9)27-45(39)56(43)47-29-38(54)30-48(49(47)33-15-13-32(31-55)14-16-33)57-44-24-20-35(51(4,5)6)26-42(44)40-22-18-37(28-46(40)57)53(10,11)12/h13-30H,1-12H3. The lowest BCUT2D eigenvalue weighted by atomic mass is 9.85. The maximum Gasteiger partial charge on any atom is 0.127 e. The Morgan fingerprint density at radius 3 is 1.16 bits per heavy atom. The third-order valence-corrected chi connectivity index (χ3v) is 11.8. The normalized spacial score (nSPS) is 13.0. The predicted octanol–water partition coefficient (Wildman–Crippen LogP) is 14.7. The van der Waals surface area contributed by atoms with Crippen LogP contribution in [-0.2, 0) is 21.7 Å². The number of halogens is 1. The van der Waals surface area contributed by atoms with Crippen LogP contribution in [0.1, 0.15) is 111 Å². The van der Waals surface area contributed by atoms with Gasteiger partial charge in [0.2, 0.25) is 0 Å². The van der Waals surface area contributed by atoms with Crippen LogP contribution >= 0.6 is 0 Å². The molecular formula is C53H54FN3. The second-order valence-corrected chi connectivity index (χ2v) is 20.1. The minimum Gasteiger partial charge on any atom is -0.308 e. The molecule has 0 bridgehead atoms. The minimum atomic E-state index is -0.320. The Kier molecular flexibility index (Phi) is 8.67. The first-order valence-corrected chi connectivity index (χ1v) is 20.2. The Balaban J connectivity index is 1.58. The molecule has 4 heteroatoms. The first-order chi connectivity index (χ1) is 26.6. The van der Waals surface area contributed by atoms with Crippen LogP contribution in [0.3, 0.4) is 0 Å². The zero-order valence-electron chi connectivity index (χ0n) is 35.6. The molecule has 6 aromatic carbocycles. The molecule has 3 nitrogen and oxygen atoms in total. The van der Waals surface area contributed by atoms with E-state index < -0.39 is 0 Å². The highest BCUT2D eigenvalue weighted by atomic mass is 19.1. The van der Waals surface area contributed by atoms with Crippen molar-refractivity contribution >= 4 is 43.6 Å². The first-order valence-electron chi connectivity index (χ1n) is 20.2. The number of nitrogens with zero attached hydrogens (tertiary/aromatic N) is 3. The van der Waals surface area contributed by atoms with Crippen LogP contribution in [0, 0.1) is 17.1 Å². The third-order valence-electron chi connectivity index (χ3n) is 11.8. The second-order valence-electron chi connectivity index (χ2n) is 20.1. The van der Waals surface area contributed by atoms with Crippen molar-refractivity contribution < 1.29 is 4.39 Å². The van der Waals surface area contributed by atoms with Crippen LogP contribution in [-0.4, -0.2) is 9.13 Å². The minimum absolute atomic E-state index is 0.0526. The molecule has 0 aliphatic carbocycles. The Hall–Kier alpha value is -5.66. The van der Waals surface area contributed by atoms with Gasteiger partial charge in [-0.1, -0.05) is 132 Å². The van der Waals surface area contributed by atoms with E-state index in [9.17, 15) is 5.26 Å². The number of nitriles is 1. The number of rotatable bonds is 3. The van der Waals surface area contributed by atoms with Crippen molar-refractivity contribution in [3.8, 4) is 28.6 Å². The lowest BCUT2D eigenvalue weighted by molar-refractivity contribution is 0.590. The van der Waals surface area contributed by atoms with Crippen LogP contribution in [0.15, 0.2) is 109 Å². The van der Waals surface area contributed by atoms with E-state index in [4.69, 9.17) is 0 Å². The van der Waals surface area contributed by atoms with Gasteiger partial charge in [0, 0.05) is 27.1 Å². The van der Waals surface area contributed by atoms with E-state index in [0.29, 0.717) is 5.56 Å². The predicted molar refractivity (Wildman–Crippen MR) is 240 cm³/mol. The summed E-state index contributed by atoms with van der Waals surface area (Å²) in [6, 6.07) is 40.5. The van der Waals surface area contributed by atoms with Crippen molar-refractivity contribution in [1.82, 2.24) is 9.13 Å². The van der Waals surface area contributed by atoms with Crippen molar-refractivity contribution in [2.45, 2.75) is 105 Å². The van der Waals surface area contributed by atoms with Crippen LogP contribution in [0.4, 0.5) is 4.39 Å². The highest BCUT2D eigenvalue weighted by Gasteiger charge is 2.27. The maximum absolute atomic E-state index is 16.9. The van der Waals surface area contributed by atoms with Gasteiger partial charge in [0.15, 0.2) is 0 Å². The largest absolute Gasteiger partial charge is 0.308 e. The van der Waals surface area contributed by atoms with Gasteiger partial charge >= 0.3 is 0 Å². The summed E-state index contributed by atoms with van der Waals surface area (Å²) in [5, 5.41) is 14.4.